The molecule has 16 heavy (non-hydrogen) atoms. The monoisotopic (exact) mass is 221 g/mol. The van der Waals surface area contributed by atoms with Crippen LogP contribution >= 0.6 is 0 Å². The third-order valence-corrected chi connectivity index (χ3v) is 2.56. The number of pyridine rings is 1. The van der Waals surface area contributed by atoms with Crippen LogP contribution in [0.25, 0.3) is 0 Å². The van der Waals surface area contributed by atoms with Crippen LogP contribution in [0.3, 0.4) is 0 Å². The number of aromatic nitrogens is 1. The summed E-state index contributed by atoms with van der Waals surface area (Å²) in [7, 11) is 0. The number of amides is 1. The summed E-state index contributed by atoms with van der Waals surface area (Å²) in [5.74, 6) is -0.00481. The first-order chi connectivity index (χ1) is 7.47. The molecule has 0 saturated heterocycles. The molecule has 0 radical (unpaired) electrons. The van der Waals surface area contributed by atoms with E-state index in [1.54, 1.807) is 17.2 Å². The number of anilines is 1. The summed E-state index contributed by atoms with van der Waals surface area (Å²) >= 11 is 0. The zero-order valence-electron chi connectivity index (χ0n) is 10.3. The fourth-order valence-electron chi connectivity index (χ4n) is 1.66. The SMILES string of the molecule is CCN(C(=O)c1cc(N)cnc1C)C(C)C. The molecular formula is C12H19N3O. The number of carbonyl (C=O) groups excluding carboxylic acids is 1. The number of hydrogen-bond acceptors (Lipinski definition) is 3. The Bertz CT molecular complexity index is 388. The summed E-state index contributed by atoms with van der Waals surface area (Å²) in [5, 5.41) is 0. The lowest BCUT2D eigenvalue weighted by atomic mass is 10.1. The highest BCUT2D eigenvalue weighted by Gasteiger charge is 2.19. The summed E-state index contributed by atoms with van der Waals surface area (Å²) in [6.07, 6.45) is 1.57. The molecule has 0 fully saturated rings. The molecule has 0 atom stereocenters. The minimum atomic E-state index is -0.00481. The molecule has 0 saturated carbocycles. The van der Waals surface area contributed by atoms with Gasteiger partial charge in [0, 0.05) is 12.6 Å². The maximum absolute atomic E-state index is 12.2. The molecule has 0 aliphatic rings. The van der Waals surface area contributed by atoms with Gasteiger partial charge in [0.1, 0.15) is 0 Å². The van der Waals surface area contributed by atoms with Crippen LogP contribution in [-0.4, -0.2) is 28.4 Å². The summed E-state index contributed by atoms with van der Waals surface area (Å²) < 4.78 is 0. The van der Waals surface area contributed by atoms with Gasteiger partial charge in [0.05, 0.1) is 23.1 Å². The maximum atomic E-state index is 12.2. The van der Waals surface area contributed by atoms with E-state index in [0.29, 0.717) is 17.8 Å². The maximum Gasteiger partial charge on any atom is 0.255 e. The smallest absolute Gasteiger partial charge is 0.255 e. The second-order valence-electron chi connectivity index (χ2n) is 4.09. The van der Waals surface area contributed by atoms with E-state index in [-0.39, 0.29) is 11.9 Å². The van der Waals surface area contributed by atoms with E-state index in [4.69, 9.17) is 5.73 Å². The Balaban J connectivity index is 3.08. The van der Waals surface area contributed by atoms with E-state index in [1.807, 2.05) is 27.7 Å². The van der Waals surface area contributed by atoms with Crippen molar-refractivity contribution in [2.75, 3.05) is 12.3 Å². The molecule has 0 spiro atoms. The molecule has 0 aromatic carbocycles. The lowest BCUT2D eigenvalue weighted by Gasteiger charge is -2.25. The summed E-state index contributed by atoms with van der Waals surface area (Å²) in [6, 6.07) is 1.87. The van der Waals surface area contributed by atoms with Crippen LogP contribution < -0.4 is 5.73 Å². The van der Waals surface area contributed by atoms with Gasteiger partial charge >= 0.3 is 0 Å². The van der Waals surface area contributed by atoms with Gasteiger partial charge in [0.25, 0.3) is 5.91 Å². The Hall–Kier alpha value is -1.58. The van der Waals surface area contributed by atoms with Gasteiger partial charge in [-0.1, -0.05) is 0 Å². The van der Waals surface area contributed by atoms with Gasteiger partial charge in [-0.15, -0.1) is 0 Å². The molecule has 1 amide bonds. The average molecular weight is 221 g/mol. The van der Waals surface area contributed by atoms with Crippen molar-refractivity contribution in [3.63, 3.8) is 0 Å². The van der Waals surface area contributed by atoms with Crippen LogP contribution in [0.1, 0.15) is 36.8 Å². The molecular weight excluding hydrogens is 202 g/mol. The molecule has 1 aromatic heterocycles. The second-order valence-corrected chi connectivity index (χ2v) is 4.09. The fourth-order valence-corrected chi connectivity index (χ4v) is 1.66. The number of carbonyl (C=O) groups is 1. The van der Waals surface area contributed by atoms with E-state index in [9.17, 15) is 4.79 Å². The summed E-state index contributed by atoms with van der Waals surface area (Å²) in [4.78, 5) is 18.1. The number of nitrogens with zero attached hydrogens (tertiary/aromatic N) is 2. The molecule has 0 unspecified atom stereocenters. The molecule has 1 heterocycles. The largest absolute Gasteiger partial charge is 0.397 e. The first kappa shape index (κ1) is 12.5. The number of nitrogens with two attached hydrogens (primary N) is 1. The van der Waals surface area contributed by atoms with Crippen LogP contribution in [-0.2, 0) is 0 Å². The Labute approximate surface area is 96.5 Å². The third kappa shape index (κ3) is 2.51. The highest BCUT2D eigenvalue weighted by Crippen LogP contribution is 2.14. The minimum absolute atomic E-state index is 0.00481. The number of nitrogen functional groups attached to an aromatic ring is 1. The Kier molecular flexibility index (Phi) is 3.88. The zero-order chi connectivity index (χ0) is 12.3. The quantitative estimate of drug-likeness (QED) is 0.847. The zero-order valence-corrected chi connectivity index (χ0v) is 10.3. The van der Waals surface area contributed by atoms with Crippen molar-refractivity contribution in [1.82, 2.24) is 9.88 Å². The first-order valence-corrected chi connectivity index (χ1v) is 5.50. The van der Waals surface area contributed by atoms with Crippen LogP contribution in [0.4, 0.5) is 5.69 Å². The van der Waals surface area contributed by atoms with Crippen molar-refractivity contribution < 1.29 is 4.79 Å². The van der Waals surface area contributed by atoms with Crippen LogP contribution in [0, 0.1) is 6.92 Å². The van der Waals surface area contributed by atoms with E-state index >= 15 is 0 Å². The van der Waals surface area contributed by atoms with Crippen LogP contribution in [0.5, 0.6) is 0 Å². The van der Waals surface area contributed by atoms with Crippen molar-refractivity contribution in [1.29, 1.82) is 0 Å². The molecule has 0 aliphatic carbocycles. The van der Waals surface area contributed by atoms with E-state index in [2.05, 4.69) is 4.98 Å². The average Bonchev–Trinajstić information content (AvgIpc) is 2.22. The number of hydrogen-bond donors (Lipinski definition) is 1. The molecule has 0 aliphatic heterocycles. The predicted octanol–water partition coefficient (Wildman–Crippen LogP) is 1.84. The van der Waals surface area contributed by atoms with Gasteiger partial charge in [-0.25, -0.2) is 0 Å². The minimum Gasteiger partial charge on any atom is -0.397 e. The van der Waals surface area contributed by atoms with Gasteiger partial charge in [0.15, 0.2) is 0 Å². The van der Waals surface area contributed by atoms with Crippen molar-refractivity contribution in [2.45, 2.75) is 33.7 Å². The lowest BCUT2D eigenvalue weighted by Crippen LogP contribution is -2.37. The van der Waals surface area contributed by atoms with Crippen LogP contribution in [0.2, 0.25) is 0 Å². The Morgan fingerprint density at radius 3 is 2.69 bits per heavy atom. The molecule has 4 nitrogen and oxygen atoms in total. The van der Waals surface area contributed by atoms with Gasteiger partial charge in [-0.05, 0) is 33.8 Å². The van der Waals surface area contributed by atoms with E-state index in [1.165, 1.54) is 0 Å². The van der Waals surface area contributed by atoms with Crippen molar-refractivity contribution in [3.8, 4) is 0 Å². The van der Waals surface area contributed by atoms with Crippen molar-refractivity contribution >= 4 is 11.6 Å². The standard InChI is InChI=1S/C12H19N3O/c1-5-15(8(2)3)12(16)11-6-10(13)7-14-9(11)4/h6-8H,5,13H2,1-4H3. The normalized spacial score (nSPS) is 10.6. The highest BCUT2D eigenvalue weighted by molar-refractivity contribution is 5.96. The lowest BCUT2D eigenvalue weighted by molar-refractivity contribution is 0.0715. The molecule has 1 aromatic rings. The second kappa shape index (κ2) is 4.96. The number of aryl methyl sites for hydroxylation is 1. The molecule has 2 N–H and O–H groups in total. The van der Waals surface area contributed by atoms with Crippen molar-refractivity contribution in [3.05, 3.63) is 23.5 Å². The van der Waals surface area contributed by atoms with Crippen LogP contribution in [0.15, 0.2) is 12.3 Å². The Morgan fingerprint density at radius 2 is 2.19 bits per heavy atom. The highest BCUT2D eigenvalue weighted by atomic mass is 16.2. The first-order valence-electron chi connectivity index (χ1n) is 5.50. The van der Waals surface area contributed by atoms with Gasteiger partial charge in [-0.3, -0.25) is 9.78 Å². The van der Waals surface area contributed by atoms with E-state index in [0.717, 1.165) is 5.69 Å². The third-order valence-electron chi connectivity index (χ3n) is 2.56. The van der Waals surface area contributed by atoms with Gasteiger partial charge in [0.2, 0.25) is 0 Å². The Morgan fingerprint density at radius 1 is 1.56 bits per heavy atom. The predicted molar refractivity (Wildman–Crippen MR) is 65.2 cm³/mol. The number of rotatable bonds is 3. The molecule has 0 bridgehead atoms. The molecule has 1 rings (SSSR count). The molecule has 88 valence electrons. The summed E-state index contributed by atoms with van der Waals surface area (Å²) in [5.41, 5.74) is 7.49. The molecule has 4 heteroatoms. The van der Waals surface area contributed by atoms with Crippen molar-refractivity contribution in [2.24, 2.45) is 0 Å². The fraction of sp³-hybridized carbons (Fsp3) is 0.500. The van der Waals surface area contributed by atoms with E-state index < -0.39 is 0 Å². The summed E-state index contributed by atoms with van der Waals surface area (Å²) in [6.45, 7) is 8.46. The topological polar surface area (TPSA) is 59.2 Å². The van der Waals surface area contributed by atoms with Gasteiger partial charge in [-0.2, -0.15) is 0 Å². The van der Waals surface area contributed by atoms with Gasteiger partial charge < -0.3 is 10.6 Å².